The van der Waals surface area contributed by atoms with Crippen molar-refractivity contribution in [1.29, 1.82) is 0 Å². The van der Waals surface area contributed by atoms with Crippen molar-refractivity contribution in [2.24, 2.45) is 5.92 Å². The largest absolute Gasteiger partial charge is 0.342 e. The summed E-state index contributed by atoms with van der Waals surface area (Å²) in [4.78, 5) is 32.5. The highest BCUT2D eigenvalue weighted by atomic mass is 16.2. The number of carbonyl (C=O) groups excluding carboxylic acids is 2. The third kappa shape index (κ3) is 3.65. The van der Waals surface area contributed by atoms with E-state index in [-0.39, 0.29) is 23.9 Å². The molecule has 1 N–H and O–H groups in total. The molecule has 23 heavy (non-hydrogen) atoms. The summed E-state index contributed by atoms with van der Waals surface area (Å²) in [6, 6.07) is 0.0401. The minimum Gasteiger partial charge on any atom is -0.342 e. The molecule has 0 aliphatic carbocycles. The van der Waals surface area contributed by atoms with Gasteiger partial charge in [-0.1, -0.05) is 0 Å². The lowest BCUT2D eigenvalue weighted by molar-refractivity contribution is -0.128. The molecule has 1 fully saturated rings. The van der Waals surface area contributed by atoms with E-state index in [9.17, 15) is 9.59 Å². The van der Waals surface area contributed by atoms with Gasteiger partial charge in [-0.05, 0) is 20.3 Å². The van der Waals surface area contributed by atoms with Gasteiger partial charge in [0.15, 0.2) is 0 Å². The normalized spacial score (nSPS) is 21.5. The number of hydrogen-bond acceptors (Lipinski definition) is 3. The topological polar surface area (TPSA) is 70.5 Å². The molecule has 0 bridgehead atoms. The second-order valence-electron chi connectivity index (χ2n) is 6.79. The van der Waals surface area contributed by atoms with Crippen molar-refractivity contribution < 1.29 is 9.59 Å². The summed E-state index contributed by atoms with van der Waals surface area (Å²) in [5.74, 6) is 1.36. The number of carbonyl (C=O) groups is 2. The molecule has 0 saturated carbocycles. The van der Waals surface area contributed by atoms with Gasteiger partial charge in [-0.3, -0.25) is 4.79 Å². The van der Waals surface area contributed by atoms with Crippen LogP contribution in [0, 0.1) is 5.92 Å². The van der Waals surface area contributed by atoms with E-state index in [0.717, 1.165) is 25.3 Å². The van der Waals surface area contributed by atoms with Crippen LogP contribution in [0.2, 0.25) is 0 Å². The highest BCUT2D eigenvalue weighted by Crippen LogP contribution is 2.19. The number of urea groups is 1. The van der Waals surface area contributed by atoms with Crippen LogP contribution in [0.5, 0.6) is 0 Å². The second kappa shape index (κ2) is 6.60. The first kappa shape index (κ1) is 15.8. The lowest BCUT2D eigenvalue weighted by Crippen LogP contribution is -2.45. The smallest absolute Gasteiger partial charge is 0.318 e. The first-order chi connectivity index (χ1) is 11.0. The molecule has 3 amide bonds. The molecule has 0 spiro atoms. The van der Waals surface area contributed by atoms with Gasteiger partial charge in [0.2, 0.25) is 5.91 Å². The number of nitrogens with zero attached hydrogens (tertiary/aromatic N) is 4. The zero-order valence-electron chi connectivity index (χ0n) is 13.9. The van der Waals surface area contributed by atoms with Crippen LogP contribution in [0.25, 0.3) is 0 Å². The Morgan fingerprint density at radius 2 is 2.26 bits per heavy atom. The van der Waals surface area contributed by atoms with Crippen molar-refractivity contribution in [3.63, 3.8) is 0 Å². The third-order valence-corrected chi connectivity index (χ3v) is 4.42. The SMILES string of the molecule is CC(C)NC(=O)N1Cc2nccn2CC(CN2CCCC2=O)C1. The molecule has 7 nitrogen and oxygen atoms in total. The predicted octanol–water partition coefficient (Wildman–Crippen LogP) is 1.06. The maximum atomic E-state index is 12.4. The van der Waals surface area contributed by atoms with Crippen molar-refractivity contribution in [2.45, 2.75) is 45.8 Å². The number of nitrogens with one attached hydrogen (secondary N) is 1. The van der Waals surface area contributed by atoms with Crippen LogP contribution < -0.4 is 5.32 Å². The fraction of sp³-hybridized carbons (Fsp3) is 0.688. The van der Waals surface area contributed by atoms with Crippen LogP contribution in [-0.4, -0.2) is 57.0 Å². The molecule has 1 saturated heterocycles. The molecule has 2 aliphatic heterocycles. The maximum absolute atomic E-state index is 12.4. The van der Waals surface area contributed by atoms with Gasteiger partial charge in [0, 0.05) is 57.0 Å². The average molecular weight is 319 g/mol. The number of likely N-dealkylation sites (tertiary alicyclic amines) is 1. The Hall–Kier alpha value is -2.05. The fourth-order valence-corrected chi connectivity index (χ4v) is 3.36. The van der Waals surface area contributed by atoms with E-state index in [1.807, 2.05) is 29.8 Å². The molecule has 0 aromatic carbocycles. The molecule has 1 aromatic heterocycles. The maximum Gasteiger partial charge on any atom is 0.318 e. The van der Waals surface area contributed by atoms with Crippen molar-refractivity contribution in [3.8, 4) is 0 Å². The molecule has 2 aliphatic rings. The van der Waals surface area contributed by atoms with Gasteiger partial charge in [0.1, 0.15) is 5.82 Å². The number of rotatable bonds is 3. The molecule has 1 atom stereocenters. The van der Waals surface area contributed by atoms with Gasteiger partial charge in [-0.2, -0.15) is 0 Å². The highest BCUT2D eigenvalue weighted by Gasteiger charge is 2.29. The summed E-state index contributed by atoms with van der Waals surface area (Å²) in [6.45, 7) is 7.41. The Morgan fingerprint density at radius 3 is 2.96 bits per heavy atom. The summed E-state index contributed by atoms with van der Waals surface area (Å²) in [7, 11) is 0. The summed E-state index contributed by atoms with van der Waals surface area (Å²) < 4.78 is 2.11. The molecular formula is C16H25N5O2. The van der Waals surface area contributed by atoms with Gasteiger partial charge in [0.05, 0.1) is 6.54 Å². The number of imidazole rings is 1. The van der Waals surface area contributed by atoms with Crippen LogP contribution >= 0.6 is 0 Å². The van der Waals surface area contributed by atoms with E-state index in [2.05, 4.69) is 14.9 Å². The van der Waals surface area contributed by atoms with Gasteiger partial charge in [0.25, 0.3) is 0 Å². The Labute approximate surface area is 136 Å². The molecule has 7 heteroatoms. The predicted molar refractivity (Wildman–Crippen MR) is 85.6 cm³/mol. The van der Waals surface area contributed by atoms with E-state index in [4.69, 9.17) is 0 Å². The first-order valence-electron chi connectivity index (χ1n) is 8.36. The van der Waals surface area contributed by atoms with Gasteiger partial charge in [-0.25, -0.2) is 9.78 Å². The van der Waals surface area contributed by atoms with Crippen LogP contribution in [0.1, 0.15) is 32.5 Å². The van der Waals surface area contributed by atoms with Crippen LogP contribution in [-0.2, 0) is 17.9 Å². The summed E-state index contributed by atoms with van der Waals surface area (Å²) in [5.41, 5.74) is 0. The zero-order chi connectivity index (χ0) is 16.4. The number of aromatic nitrogens is 2. The summed E-state index contributed by atoms with van der Waals surface area (Å²) >= 11 is 0. The number of amides is 3. The van der Waals surface area contributed by atoms with Crippen LogP contribution in [0.3, 0.4) is 0 Å². The van der Waals surface area contributed by atoms with Gasteiger partial charge >= 0.3 is 6.03 Å². The Morgan fingerprint density at radius 1 is 1.43 bits per heavy atom. The highest BCUT2D eigenvalue weighted by molar-refractivity contribution is 5.78. The number of fused-ring (bicyclic) bond motifs is 1. The molecule has 3 rings (SSSR count). The lowest BCUT2D eigenvalue weighted by Gasteiger charge is -2.28. The van der Waals surface area contributed by atoms with E-state index in [1.54, 1.807) is 6.20 Å². The number of hydrogen-bond donors (Lipinski definition) is 1. The molecule has 3 heterocycles. The van der Waals surface area contributed by atoms with Crippen LogP contribution in [0.15, 0.2) is 12.4 Å². The monoisotopic (exact) mass is 319 g/mol. The van der Waals surface area contributed by atoms with E-state index < -0.39 is 0 Å². The van der Waals surface area contributed by atoms with E-state index >= 15 is 0 Å². The Bertz CT molecular complexity index is 583. The zero-order valence-corrected chi connectivity index (χ0v) is 13.9. The van der Waals surface area contributed by atoms with Gasteiger partial charge in [-0.15, -0.1) is 0 Å². The molecule has 0 radical (unpaired) electrons. The van der Waals surface area contributed by atoms with Crippen molar-refractivity contribution >= 4 is 11.9 Å². The van der Waals surface area contributed by atoms with Crippen LogP contribution in [0.4, 0.5) is 4.79 Å². The lowest BCUT2D eigenvalue weighted by atomic mass is 10.1. The molecule has 1 aromatic rings. The van der Waals surface area contributed by atoms with Crippen molar-refractivity contribution in [3.05, 3.63) is 18.2 Å². The van der Waals surface area contributed by atoms with Crippen molar-refractivity contribution in [1.82, 2.24) is 24.7 Å². The van der Waals surface area contributed by atoms with E-state index in [1.165, 1.54) is 0 Å². The Balaban J connectivity index is 1.74. The van der Waals surface area contributed by atoms with Crippen molar-refractivity contribution in [2.75, 3.05) is 19.6 Å². The fourth-order valence-electron chi connectivity index (χ4n) is 3.36. The molecule has 126 valence electrons. The third-order valence-electron chi connectivity index (χ3n) is 4.42. The standard InChI is InChI=1S/C16H25N5O2/c1-12(2)18-16(23)21-10-13(9-20-6-3-4-15(20)22)8-19-7-5-17-14(19)11-21/h5,7,12-13H,3-4,6,8-11H2,1-2H3,(H,18,23). The minimum atomic E-state index is -0.0609. The van der Waals surface area contributed by atoms with E-state index in [0.29, 0.717) is 26.1 Å². The molecule has 1 unspecified atom stereocenters. The average Bonchev–Trinajstić information content (AvgIpc) is 3.03. The summed E-state index contributed by atoms with van der Waals surface area (Å²) in [6.07, 6.45) is 5.33. The first-order valence-corrected chi connectivity index (χ1v) is 8.36. The van der Waals surface area contributed by atoms with Gasteiger partial charge < -0.3 is 19.7 Å². The summed E-state index contributed by atoms with van der Waals surface area (Å²) in [5, 5.41) is 2.96. The second-order valence-corrected chi connectivity index (χ2v) is 6.79. The quantitative estimate of drug-likeness (QED) is 0.905. The molecular weight excluding hydrogens is 294 g/mol. The Kier molecular flexibility index (Phi) is 4.54. The minimum absolute atomic E-state index is 0.0609.